The van der Waals surface area contributed by atoms with Crippen LogP contribution in [0.2, 0.25) is 0 Å². The third-order valence-corrected chi connectivity index (χ3v) is 2.70. The lowest BCUT2D eigenvalue weighted by Crippen LogP contribution is -2.32. The third-order valence-electron chi connectivity index (χ3n) is 2.70. The predicted octanol–water partition coefficient (Wildman–Crippen LogP) is 2.73. The van der Waals surface area contributed by atoms with Gasteiger partial charge in [-0.25, -0.2) is 9.86 Å². The Kier molecular flexibility index (Phi) is 4.53. The Bertz CT molecular complexity index is 626. The van der Waals surface area contributed by atoms with Crippen LogP contribution in [0.1, 0.15) is 5.56 Å². The second-order valence-corrected chi connectivity index (χ2v) is 4.27. The summed E-state index contributed by atoms with van der Waals surface area (Å²) < 4.78 is 5.61. The fraction of sp³-hybridized carbons (Fsp3) is 0.0667. The van der Waals surface area contributed by atoms with Gasteiger partial charge < -0.3 is 9.84 Å². The number of ether oxygens (including phenoxy) is 1. The highest BCUT2D eigenvalue weighted by atomic mass is 16.5. The maximum atomic E-state index is 10.5. The number of nitrogens with zero attached hydrogens (tertiary/aromatic N) is 1. The molecule has 2 aromatic carbocycles. The largest absolute Gasteiger partial charge is 0.475 e. The molecule has 108 valence electrons. The molecule has 0 saturated heterocycles. The molecule has 3 N–H and O–H groups in total. The highest BCUT2D eigenvalue weighted by Crippen LogP contribution is 2.21. The van der Waals surface area contributed by atoms with Gasteiger partial charge in [0.05, 0.1) is 6.54 Å². The SMILES string of the molecule is N=C(C(=O)O)N(O)Cc1ccc(Oc2ccccc2)cc1. The van der Waals surface area contributed by atoms with E-state index in [2.05, 4.69) is 0 Å². The smallest absolute Gasteiger partial charge is 0.373 e. The number of carboxylic acid groups (broad SMARTS) is 1. The average molecular weight is 286 g/mol. The van der Waals surface area contributed by atoms with Gasteiger partial charge in [0.2, 0.25) is 5.84 Å². The lowest BCUT2D eigenvalue weighted by atomic mass is 10.2. The standard InChI is InChI=1S/C15H14N2O4/c16-14(15(18)19)17(20)10-11-6-8-13(9-7-11)21-12-4-2-1-3-5-12/h1-9,16,20H,10H2,(H,18,19). The summed E-state index contributed by atoms with van der Waals surface area (Å²) >= 11 is 0. The average Bonchev–Trinajstić information content (AvgIpc) is 2.49. The van der Waals surface area contributed by atoms with Gasteiger partial charge in [-0.15, -0.1) is 0 Å². The van der Waals surface area contributed by atoms with E-state index in [4.69, 9.17) is 15.3 Å². The van der Waals surface area contributed by atoms with Gasteiger partial charge in [-0.05, 0) is 29.8 Å². The Labute approximate surface area is 121 Å². The summed E-state index contributed by atoms with van der Waals surface area (Å²) in [5, 5.41) is 25.5. The molecule has 0 fully saturated rings. The van der Waals surface area contributed by atoms with Crippen molar-refractivity contribution >= 4 is 11.8 Å². The van der Waals surface area contributed by atoms with E-state index in [9.17, 15) is 10.0 Å². The number of para-hydroxylation sites is 1. The first-order valence-corrected chi connectivity index (χ1v) is 6.16. The van der Waals surface area contributed by atoms with E-state index in [0.29, 0.717) is 22.1 Å². The molecule has 2 aromatic rings. The van der Waals surface area contributed by atoms with Gasteiger partial charge in [0.25, 0.3) is 0 Å². The van der Waals surface area contributed by atoms with Crippen LogP contribution in [0.15, 0.2) is 54.6 Å². The summed E-state index contributed by atoms with van der Waals surface area (Å²) in [6.45, 7) is -0.0866. The molecule has 0 unspecified atom stereocenters. The van der Waals surface area contributed by atoms with Crippen LogP contribution in [0.4, 0.5) is 0 Å². The number of carbonyl (C=O) groups is 1. The number of rotatable bonds is 4. The van der Waals surface area contributed by atoms with Crippen LogP contribution in [0.5, 0.6) is 11.5 Å². The Hall–Kier alpha value is -2.86. The first-order chi connectivity index (χ1) is 10.1. The van der Waals surface area contributed by atoms with Crippen LogP contribution in [0.25, 0.3) is 0 Å². The van der Waals surface area contributed by atoms with E-state index >= 15 is 0 Å². The summed E-state index contributed by atoms with van der Waals surface area (Å²) in [6.07, 6.45) is 0. The van der Waals surface area contributed by atoms with Crippen LogP contribution in [0.3, 0.4) is 0 Å². The minimum absolute atomic E-state index is 0.0866. The van der Waals surface area contributed by atoms with Crippen molar-refractivity contribution in [2.24, 2.45) is 0 Å². The van der Waals surface area contributed by atoms with Crippen molar-refractivity contribution in [2.75, 3.05) is 0 Å². The van der Waals surface area contributed by atoms with Crippen molar-refractivity contribution in [1.29, 1.82) is 5.41 Å². The summed E-state index contributed by atoms with van der Waals surface area (Å²) in [4.78, 5) is 10.5. The lowest BCUT2D eigenvalue weighted by molar-refractivity contribution is -0.133. The topological polar surface area (TPSA) is 93.9 Å². The summed E-state index contributed by atoms with van der Waals surface area (Å²) in [5.41, 5.74) is 0.656. The molecule has 2 rings (SSSR count). The zero-order valence-electron chi connectivity index (χ0n) is 11.1. The molecule has 6 heteroatoms. The Morgan fingerprint density at radius 1 is 1.05 bits per heavy atom. The summed E-state index contributed by atoms with van der Waals surface area (Å²) in [5.74, 6) is -1.02. The number of aliphatic carboxylic acids is 1. The van der Waals surface area contributed by atoms with Gasteiger partial charge >= 0.3 is 5.97 Å². The Morgan fingerprint density at radius 3 is 2.19 bits per heavy atom. The van der Waals surface area contributed by atoms with Crippen molar-refractivity contribution in [3.63, 3.8) is 0 Å². The van der Waals surface area contributed by atoms with E-state index in [-0.39, 0.29) is 6.54 Å². The quantitative estimate of drug-likeness (QED) is 0.456. The molecule has 6 nitrogen and oxygen atoms in total. The van der Waals surface area contributed by atoms with Gasteiger partial charge in [-0.1, -0.05) is 30.3 Å². The predicted molar refractivity (Wildman–Crippen MR) is 75.7 cm³/mol. The lowest BCUT2D eigenvalue weighted by Gasteiger charge is -2.14. The van der Waals surface area contributed by atoms with E-state index < -0.39 is 11.8 Å². The highest BCUT2D eigenvalue weighted by Gasteiger charge is 2.14. The molecule has 21 heavy (non-hydrogen) atoms. The molecule has 0 saturated carbocycles. The molecule has 0 atom stereocenters. The molecular formula is C15H14N2O4. The first-order valence-electron chi connectivity index (χ1n) is 6.16. The fourth-order valence-electron chi connectivity index (χ4n) is 1.65. The van der Waals surface area contributed by atoms with E-state index in [1.54, 1.807) is 24.3 Å². The molecule has 0 aliphatic carbocycles. The molecule has 0 heterocycles. The third kappa shape index (κ3) is 4.05. The van der Waals surface area contributed by atoms with E-state index in [0.717, 1.165) is 0 Å². The van der Waals surface area contributed by atoms with Crippen LogP contribution in [-0.2, 0) is 11.3 Å². The first kappa shape index (κ1) is 14.5. The minimum Gasteiger partial charge on any atom is -0.475 e. The van der Waals surface area contributed by atoms with Gasteiger partial charge in [0.15, 0.2) is 0 Å². The van der Waals surface area contributed by atoms with Gasteiger partial charge in [0.1, 0.15) is 11.5 Å². The van der Waals surface area contributed by atoms with Crippen molar-refractivity contribution in [1.82, 2.24) is 5.06 Å². The number of hydrogen-bond acceptors (Lipinski definition) is 4. The zero-order chi connectivity index (χ0) is 15.2. The van der Waals surface area contributed by atoms with Gasteiger partial charge in [-0.2, -0.15) is 0 Å². The van der Waals surface area contributed by atoms with Crippen LogP contribution in [0, 0.1) is 5.41 Å². The molecule has 0 aliphatic heterocycles. The molecule has 0 radical (unpaired) electrons. The minimum atomic E-state index is -1.48. The van der Waals surface area contributed by atoms with Crippen molar-refractivity contribution < 1.29 is 19.8 Å². The van der Waals surface area contributed by atoms with Gasteiger partial charge in [0, 0.05) is 0 Å². The number of nitrogens with one attached hydrogen (secondary N) is 1. The van der Waals surface area contributed by atoms with Crippen molar-refractivity contribution in [2.45, 2.75) is 6.54 Å². The molecule has 0 spiro atoms. The number of carboxylic acids is 1. The molecular weight excluding hydrogens is 272 g/mol. The summed E-state index contributed by atoms with van der Waals surface area (Å²) in [7, 11) is 0. The maximum absolute atomic E-state index is 10.5. The molecule has 0 bridgehead atoms. The van der Waals surface area contributed by atoms with Crippen LogP contribution in [-0.4, -0.2) is 27.2 Å². The number of hydroxylamine groups is 2. The number of benzene rings is 2. The highest BCUT2D eigenvalue weighted by molar-refractivity contribution is 6.32. The Morgan fingerprint density at radius 2 is 1.62 bits per heavy atom. The van der Waals surface area contributed by atoms with E-state index in [1.165, 1.54) is 0 Å². The Balaban J connectivity index is 1.99. The van der Waals surface area contributed by atoms with Crippen LogP contribution < -0.4 is 4.74 Å². The molecule has 0 aliphatic rings. The second-order valence-electron chi connectivity index (χ2n) is 4.27. The number of hydrogen-bond donors (Lipinski definition) is 3. The van der Waals surface area contributed by atoms with Crippen molar-refractivity contribution in [3.8, 4) is 11.5 Å². The fourth-order valence-corrected chi connectivity index (χ4v) is 1.65. The normalized spacial score (nSPS) is 9.95. The number of amidine groups is 1. The van der Waals surface area contributed by atoms with Crippen LogP contribution >= 0.6 is 0 Å². The summed E-state index contributed by atoms with van der Waals surface area (Å²) in [6, 6.07) is 16.1. The second kappa shape index (κ2) is 6.53. The molecule has 0 amide bonds. The maximum Gasteiger partial charge on any atom is 0.373 e. The molecule has 0 aromatic heterocycles. The van der Waals surface area contributed by atoms with Crippen molar-refractivity contribution in [3.05, 3.63) is 60.2 Å². The monoisotopic (exact) mass is 286 g/mol. The zero-order valence-corrected chi connectivity index (χ0v) is 11.1. The van der Waals surface area contributed by atoms with Gasteiger partial charge in [-0.3, -0.25) is 10.6 Å². The van der Waals surface area contributed by atoms with E-state index in [1.807, 2.05) is 30.3 Å².